The molecule has 0 amide bonds. The Morgan fingerprint density at radius 1 is 1.19 bits per heavy atom. The van der Waals surface area contributed by atoms with Crippen molar-refractivity contribution < 1.29 is 28.5 Å². The van der Waals surface area contributed by atoms with Crippen LogP contribution in [0.2, 0.25) is 0 Å². The van der Waals surface area contributed by atoms with Crippen molar-refractivity contribution >= 4 is 11.9 Å². The first-order chi connectivity index (χ1) is 15.0. The van der Waals surface area contributed by atoms with Crippen molar-refractivity contribution in [1.82, 2.24) is 0 Å². The summed E-state index contributed by atoms with van der Waals surface area (Å²) in [4.78, 5) is 23.2. The lowest BCUT2D eigenvalue weighted by Gasteiger charge is -2.24. The summed E-state index contributed by atoms with van der Waals surface area (Å²) in [6.45, 7) is 6.20. The number of unbranched alkanes of at least 4 members (excludes halogenated alkanes) is 2. The molecule has 1 saturated heterocycles. The van der Waals surface area contributed by atoms with Gasteiger partial charge in [-0.1, -0.05) is 62.6 Å². The summed E-state index contributed by atoms with van der Waals surface area (Å²) in [7, 11) is 0. The monoisotopic (exact) mass is 432 g/mol. The van der Waals surface area contributed by atoms with Crippen LogP contribution in [0.25, 0.3) is 0 Å². The van der Waals surface area contributed by atoms with Gasteiger partial charge in [-0.15, -0.1) is 0 Å². The lowest BCUT2D eigenvalue weighted by atomic mass is 10.0. The number of rotatable bonds is 13. The fourth-order valence-electron chi connectivity index (χ4n) is 3.77. The minimum Gasteiger partial charge on any atom is -0.463 e. The van der Waals surface area contributed by atoms with E-state index in [0.717, 1.165) is 31.2 Å². The summed E-state index contributed by atoms with van der Waals surface area (Å²) in [5.74, 6) is -0.717. The molecule has 31 heavy (non-hydrogen) atoms. The smallest absolute Gasteiger partial charge is 0.330 e. The van der Waals surface area contributed by atoms with Crippen LogP contribution in [0.3, 0.4) is 0 Å². The molecule has 172 valence electrons. The zero-order valence-electron chi connectivity index (χ0n) is 19.0. The van der Waals surface area contributed by atoms with Gasteiger partial charge in [0.05, 0.1) is 31.5 Å². The van der Waals surface area contributed by atoms with Gasteiger partial charge in [0.25, 0.3) is 0 Å². The van der Waals surface area contributed by atoms with Crippen LogP contribution in [0, 0.1) is 0 Å². The summed E-state index contributed by atoms with van der Waals surface area (Å²) >= 11 is 0. The zero-order chi connectivity index (χ0) is 22.5. The highest BCUT2D eigenvalue weighted by molar-refractivity contribution is 5.81. The SMILES string of the molecule is CCCCC[C@@H](OCc1ccccc1)[C@H]1C[C@@H](OC(C)=O)[C@@H](C/C=C/C(=O)OCC)O1. The van der Waals surface area contributed by atoms with Crippen molar-refractivity contribution in [3.05, 3.63) is 48.0 Å². The highest BCUT2D eigenvalue weighted by Gasteiger charge is 2.40. The summed E-state index contributed by atoms with van der Waals surface area (Å²) in [5, 5.41) is 0. The molecule has 6 heteroatoms. The van der Waals surface area contributed by atoms with Gasteiger partial charge in [0.1, 0.15) is 6.10 Å². The summed E-state index contributed by atoms with van der Waals surface area (Å²) in [6.07, 6.45) is 7.48. The van der Waals surface area contributed by atoms with Gasteiger partial charge in [-0.05, 0) is 25.3 Å². The van der Waals surface area contributed by atoms with E-state index in [0.29, 0.717) is 26.1 Å². The van der Waals surface area contributed by atoms with E-state index in [4.69, 9.17) is 18.9 Å². The van der Waals surface area contributed by atoms with Crippen molar-refractivity contribution in [3.8, 4) is 0 Å². The van der Waals surface area contributed by atoms with Crippen molar-refractivity contribution in [3.63, 3.8) is 0 Å². The van der Waals surface area contributed by atoms with Crippen LogP contribution >= 0.6 is 0 Å². The molecule has 4 atom stereocenters. The number of benzene rings is 1. The van der Waals surface area contributed by atoms with Crippen LogP contribution in [-0.2, 0) is 35.1 Å². The average molecular weight is 433 g/mol. The molecule has 1 aliphatic heterocycles. The molecule has 2 rings (SSSR count). The maximum atomic E-state index is 11.6. The van der Waals surface area contributed by atoms with Gasteiger partial charge in [-0.25, -0.2) is 4.79 Å². The van der Waals surface area contributed by atoms with E-state index in [-0.39, 0.29) is 36.4 Å². The lowest BCUT2D eigenvalue weighted by Crippen LogP contribution is -2.29. The number of carbonyl (C=O) groups is 2. The Morgan fingerprint density at radius 2 is 1.97 bits per heavy atom. The highest BCUT2D eigenvalue weighted by atomic mass is 16.6. The Bertz CT molecular complexity index is 687. The molecule has 0 radical (unpaired) electrons. The predicted molar refractivity (Wildman–Crippen MR) is 118 cm³/mol. The van der Waals surface area contributed by atoms with Gasteiger partial charge in [0, 0.05) is 19.4 Å². The van der Waals surface area contributed by atoms with Crippen LogP contribution in [-0.4, -0.2) is 43.0 Å². The maximum Gasteiger partial charge on any atom is 0.330 e. The molecular formula is C25H36O6. The standard InChI is InChI=1S/C25H36O6/c1-4-6-8-14-21(29-18-20-12-9-7-10-13-20)23-17-24(30-19(3)26)22(31-23)15-11-16-25(27)28-5-2/h7,9-13,16,21-24H,4-6,8,14-15,17-18H2,1-3H3/b16-11+/t21-,22-,23-,24-/m1/s1. The molecule has 1 aromatic rings. The summed E-state index contributed by atoms with van der Waals surface area (Å²) < 4.78 is 23.0. The van der Waals surface area contributed by atoms with Gasteiger partial charge in [-0.2, -0.15) is 0 Å². The molecule has 1 fully saturated rings. The summed E-state index contributed by atoms with van der Waals surface area (Å²) in [6, 6.07) is 10.1. The normalized spacial score (nSPS) is 21.8. The van der Waals surface area contributed by atoms with Gasteiger partial charge in [-0.3, -0.25) is 4.79 Å². The third-order valence-electron chi connectivity index (χ3n) is 5.27. The molecule has 0 unspecified atom stereocenters. The third-order valence-corrected chi connectivity index (χ3v) is 5.27. The third kappa shape index (κ3) is 9.23. The Labute approximate surface area is 185 Å². The number of hydrogen-bond donors (Lipinski definition) is 0. The van der Waals surface area contributed by atoms with Crippen LogP contribution in [0.15, 0.2) is 42.5 Å². The topological polar surface area (TPSA) is 71.1 Å². The molecule has 0 aliphatic carbocycles. The molecule has 0 N–H and O–H groups in total. The Hall–Kier alpha value is -2.18. The van der Waals surface area contributed by atoms with E-state index >= 15 is 0 Å². The second-order valence-electron chi connectivity index (χ2n) is 7.82. The van der Waals surface area contributed by atoms with Crippen molar-refractivity contribution in [2.24, 2.45) is 0 Å². The van der Waals surface area contributed by atoms with E-state index in [1.54, 1.807) is 13.0 Å². The first kappa shape index (κ1) is 25.1. The first-order valence-electron chi connectivity index (χ1n) is 11.3. The first-order valence-corrected chi connectivity index (χ1v) is 11.3. The fourth-order valence-corrected chi connectivity index (χ4v) is 3.77. The van der Waals surface area contributed by atoms with Crippen LogP contribution < -0.4 is 0 Å². The number of hydrogen-bond acceptors (Lipinski definition) is 6. The molecule has 1 aromatic carbocycles. The molecule has 0 aromatic heterocycles. The van der Waals surface area contributed by atoms with Gasteiger partial charge >= 0.3 is 11.9 Å². The van der Waals surface area contributed by atoms with Crippen molar-refractivity contribution in [1.29, 1.82) is 0 Å². The van der Waals surface area contributed by atoms with E-state index in [1.807, 2.05) is 30.3 Å². The second kappa shape index (κ2) is 14.0. The fraction of sp³-hybridized carbons (Fsp3) is 0.600. The van der Waals surface area contributed by atoms with Gasteiger partial charge in [0.15, 0.2) is 0 Å². The summed E-state index contributed by atoms with van der Waals surface area (Å²) in [5.41, 5.74) is 1.12. The predicted octanol–water partition coefficient (Wildman–Crippen LogP) is 4.75. The van der Waals surface area contributed by atoms with E-state index in [2.05, 4.69) is 6.92 Å². The minimum atomic E-state index is -0.385. The second-order valence-corrected chi connectivity index (χ2v) is 7.82. The van der Waals surface area contributed by atoms with Gasteiger partial charge < -0.3 is 18.9 Å². The Morgan fingerprint density at radius 3 is 2.65 bits per heavy atom. The number of ether oxygens (including phenoxy) is 4. The average Bonchev–Trinajstić information content (AvgIpc) is 3.13. The van der Waals surface area contributed by atoms with Crippen molar-refractivity contribution in [2.75, 3.05) is 6.61 Å². The molecule has 1 heterocycles. The van der Waals surface area contributed by atoms with E-state index < -0.39 is 0 Å². The minimum absolute atomic E-state index is 0.0798. The zero-order valence-corrected chi connectivity index (χ0v) is 19.0. The maximum absolute atomic E-state index is 11.6. The van der Waals surface area contributed by atoms with Crippen LogP contribution in [0.1, 0.15) is 64.9 Å². The molecular weight excluding hydrogens is 396 g/mol. The molecule has 0 bridgehead atoms. The Balaban J connectivity index is 2.02. The van der Waals surface area contributed by atoms with Gasteiger partial charge in [0.2, 0.25) is 0 Å². The quantitative estimate of drug-likeness (QED) is 0.254. The number of carbonyl (C=O) groups excluding carboxylic acids is 2. The van der Waals surface area contributed by atoms with Crippen LogP contribution in [0.5, 0.6) is 0 Å². The van der Waals surface area contributed by atoms with Crippen molar-refractivity contribution in [2.45, 2.75) is 90.3 Å². The van der Waals surface area contributed by atoms with E-state index in [9.17, 15) is 9.59 Å². The molecule has 6 nitrogen and oxygen atoms in total. The lowest BCUT2D eigenvalue weighted by molar-refractivity contribution is -0.149. The molecule has 0 spiro atoms. The Kier molecular flexibility index (Phi) is 11.3. The van der Waals surface area contributed by atoms with E-state index in [1.165, 1.54) is 13.0 Å². The highest BCUT2D eigenvalue weighted by Crippen LogP contribution is 2.31. The largest absolute Gasteiger partial charge is 0.463 e. The number of esters is 2. The molecule has 1 aliphatic rings. The molecule has 0 saturated carbocycles. The van der Waals surface area contributed by atoms with Crippen LogP contribution in [0.4, 0.5) is 0 Å².